The second-order valence-electron chi connectivity index (χ2n) is 3.46. The molecule has 4 nitrogen and oxygen atoms in total. The van der Waals surface area contributed by atoms with Crippen molar-refractivity contribution in [2.45, 2.75) is 26.3 Å². The standard InChI is InChI=1S/C10H17N3OS/c1-2-8(4-11)3-10(14)13-6-9-5-12-7-15-9/h5,7-8H,2-4,6,11H2,1H3,(H,13,14). The third kappa shape index (κ3) is 4.40. The number of hydrogen-bond donors (Lipinski definition) is 2. The summed E-state index contributed by atoms with van der Waals surface area (Å²) in [5.74, 6) is 0.368. The molecule has 5 heteroatoms. The average molecular weight is 227 g/mol. The van der Waals surface area contributed by atoms with Crippen molar-refractivity contribution in [3.8, 4) is 0 Å². The van der Waals surface area contributed by atoms with Crippen LogP contribution in [0.2, 0.25) is 0 Å². The van der Waals surface area contributed by atoms with Gasteiger partial charge in [-0.3, -0.25) is 9.78 Å². The molecule has 1 unspecified atom stereocenters. The Labute approximate surface area is 93.9 Å². The first-order chi connectivity index (χ1) is 7.26. The van der Waals surface area contributed by atoms with Crippen LogP contribution in [0.1, 0.15) is 24.6 Å². The van der Waals surface area contributed by atoms with Crippen LogP contribution >= 0.6 is 11.3 Å². The number of amides is 1. The second kappa shape index (κ2) is 6.53. The van der Waals surface area contributed by atoms with Gasteiger partial charge >= 0.3 is 0 Å². The van der Waals surface area contributed by atoms with Gasteiger partial charge in [-0.1, -0.05) is 13.3 Å². The van der Waals surface area contributed by atoms with Crippen molar-refractivity contribution in [2.24, 2.45) is 11.7 Å². The van der Waals surface area contributed by atoms with Crippen molar-refractivity contribution < 1.29 is 4.79 Å². The predicted molar refractivity (Wildman–Crippen MR) is 61.4 cm³/mol. The summed E-state index contributed by atoms with van der Waals surface area (Å²) in [6.45, 7) is 3.20. The zero-order valence-electron chi connectivity index (χ0n) is 8.90. The predicted octanol–water partition coefficient (Wildman–Crippen LogP) is 1.13. The molecular weight excluding hydrogens is 210 g/mol. The Kier molecular flexibility index (Phi) is 5.28. The Bertz CT molecular complexity index is 283. The van der Waals surface area contributed by atoms with Gasteiger partial charge in [-0.15, -0.1) is 11.3 Å². The lowest BCUT2D eigenvalue weighted by molar-refractivity contribution is -0.122. The molecule has 0 spiro atoms. The number of hydrogen-bond acceptors (Lipinski definition) is 4. The maximum Gasteiger partial charge on any atom is 0.220 e. The fourth-order valence-electron chi connectivity index (χ4n) is 1.24. The zero-order valence-corrected chi connectivity index (χ0v) is 9.72. The number of carbonyl (C=O) groups excluding carboxylic acids is 1. The van der Waals surface area contributed by atoms with Crippen LogP contribution < -0.4 is 11.1 Å². The monoisotopic (exact) mass is 227 g/mol. The van der Waals surface area contributed by atoms with Gasteiger partial charge in [0.05, 0.1) is 12.1 Å². The quantitative estimate of drug-likeness (QED) is 0.765. The van der Waals surface area contributed by atoms with Crippen LogP contribution in [0.15, 0.2) is 11.7 Å². The fourth-order valence-corrected chi connectivity index (χ4v) is 1.78. The number of nitrogens with one attached hydrogen (secondary N) is 1. The largest absolute Gasteiger partial charge is 0.351 e. The summed E-state index contributed by atoms with van der Waals surface area (Å²) in [6, 6.07) is 0. The SMILES string of the molecule is CCC(CN)CC(=O)NCc1cncs1. The van der Waals surface area contributed by atoms with E-state index in [0.29, 0.717) is 25.4 Å². The van der Waals surface area contributed by atoms with Crippen LogP contribution in [0, 0.1) is 5.92 Å². The van der Waals surface area contributed by atoms with Gasteiger partial charge in [0.15, 0.2) is 0 Å². The normalized spacial score (nSPS) is 12.4. The minimum absolute atomic E-state index is 0.0701. The Hall–Kier alpha value is -0.940. The van der Waals surface area contributed by atoms with Gasteiger partial charge in [0.1, 0.15) is 0 Å². The van der Waals surface area contributed by atoms with Crippen molar-refractivity contribution in [3.63, 3.8) is 0 Å². The van der Waals surface area contributed by atoms with Gasteiger partial charge in [0.25, 0.3) is 0 Å². The molecule has 0 radical (unpaired) electrons. The number of aromatic nitrogens is 1. The summed E-state index contributed by atoms with van der Waals surface area (Å²) < 4.78 is 0. The molecule has 0 bridgehead atoms. The highest BCUT2D eigenvalue weighted by molar-refractivity contribution is 7.09. The Morgan fingerprint density at radius 2 is 2.53 bits per heavy atom. The van der Waals surface area contributed by atoms with E-state index in [9.17, 15) is 4.79 Å². The molecule has 84 valence electrons. The molecule has 1 aromatic rings. The van der Waals surface area contributed by atoms with E-state index in [2.05, 4.69) is 10.3 Å². The summed E-state index contributed by atoms with van der Waals surface area (Å²) in [5, 5.41) is 2.86. The lowest BCUT2D eigenvalue weighted by Crippen LogP contribution is -2.27. The number of carbonyl (C=O) groups is 1. The lowest BCUT2D eigenvalue weighted by Gasteiger charge is -2.11. The fraction of sp³-hybridized carbons (Fsp3) is 0.600. The van der Waals surface area contributed by atoms with Crippen molar-refractivity contribution in [2.75, 3.05) is 6.54 Å². The molecule has 0 saturated carbocycles. The van der Waals surface area contributed by atoms with Crippen LogP contribution in [0.5, 0.6) is 0 Å². The van der Waals surface area contributed by atoms with Gasteiger partial charge in [-0.2, -0.15) is 0 Å². The molecule has 0 aromatic carbocycles. The third-order valence-electron chi connectivity index (χ3n) is 2.33. The highest BCUT2D eigenvalue weighted by Gasteiger charge is 2.09. The van der Waals surface area contributed by atoms with Gasteiger partial charge in [-0.05, 0) is 12.5 Å². The lowest BCUT2D eigenvalue weighted by atomic mass is 10.0. The van der Waals surface area contributed by atoms with Gasteiger partial charge in [-0.25, -0.2) is 0 Å². The molecule has 0 aliphatic rings. The van der Waals surface area contributed by atoms with E-state index < -0.39 is 0 Å². The van der Waals surface area contributed by atoms with Crippen molar-refractivity contribution >= 4 is 17.2 Å². The van der Waals surface area contributed by atoms with Crippen molar-refractivity contribution in [3.05, 3.63) is 16.6 Å². The molecule has 1 atom stereocenters. The molecule has 0 fully saturated rings. The third-order valence-corrected chi connectivity index (χ3v) is 3.11. The molecule has 1 amide bonds. The molecule has 1 rings (SSSR count). The first-order valence-electron chi connectivity index (χ1n) is 5.10. The number of nitrogens with two attached hydrogens (primary N) is 1. The molecule has 0 saturated heterocycles. The van der Waals surface area contributed by atoms with Crippen molar-refractivity contribution in [1.82, 2.24) is 10.3 Å². The molecule has 0 aliphatic carbocycles. The van der Waals surface area contributed by atoms with E-state index in [0.717, 1.165) is 11.3 Å². The topological polar surface area (TPSA) is 68.0 Å². The smallest absolute Gasteiger partial charge is 0.220 e. The first kappa shape index (κ1) is 12.1. The molecular formula is C10H17N3OS. The van der Waals surface area contributed by atoms with E-state index in [1.807, 2.05) is 6.92 Å². The average Bonchev–Trinajstić information content (AvgIpc) is 2.75. The second-order valence-corrected chi connectivity index (χ2v) is 4.43. The minimum atomic E-state index is 0.0701. The molecule has 3 N–H and O–H groups in total. The molecule has 15 heavy (non-hydrogen) atoms. The van der Waals surface area contributed by atoms with E-state index in [4.69, 9.17) is 5.73 Å². The van der Waals surface area contributed by atoms with Crippen LogP contribution in [0.4, 0.5) is 0 Å². The van der Waals surface area contributed by atoms with E-state index in [-0.39, 0.29) is 5.91 Å². The Morgan fingerprint density at radius 1 is 1.73 bits per heavy atom. The molecule has 1 aromatic heterocycles. The number of nitrogens with zero attached hydrogens (tertiary/aromatic N) is 1. The van der Waals surface area contributed by atoms with Gasteiger partial charge in [0, 0.05) is 17.5 Å². The zero-order chi connectivity index (χ0) is 11.1. The Morgan fingerprint density at radius 3 is 3.07 bits per heavy atom. The van der Waals surface area contributed by atoms with Crippen molar-refractivity contribution in [1.29, 1.82) is 0 Å². The number of rotatable bonds is 6. The summed E-state index contributed by atoms with van der Waals surface area (Å²) >= 11 is 1.54. The van der Waals surface area contributed by atoms with E-state index in [1.54, 1.807) is 23.0 Å². The van der Waals surface area contributed by atoms with Crippen LogP contribution in [-0.4, -0.2) is 17.4 Å². The Balaban J connectivity index is 2.24. The summed E-state index contributed by atoms with van der Waals surface area (Å²) in [5.41, 5.74) is 7.29. The maximum absolute atomic E-state index is 11.5. The summed E-state index contributed by atoms with van der Waals surface area (Å²) in [4.78, 5) is 16.5. The van der Waals surface area contributed by atoms with Gasteiger partial charge in [0.2, 0.25) is 5.91 Å². The number of thiazole rings is 1. The molecule has 0 aliphatic heterocycles. The summed E-state index contributed by atoms with van der Waals surface area (Å²) in [6.07, 6.45) is 3.24. The highest BCUT2D eigenvalue weighted by atomic mass is 32.1. The minimum Gasteiger partial charge on any atom is -0.351 e. The van der Waals surface area contributed by atoms with E-state index in [1.165, 1.54) is 0 Å². The van der Waals surface area contributed by atoms with E-state index >= 15 is 0 Å². The molecule has 1 heterocycles. The summed E-state index contributed by atoms with van der Waals surface area (Å²) in [7, 11) is 0. The van der Waals surface area contributed by atoms with Crippen LogP contribution in [-0.2, 0) is 11.3 Å². The maximum atomic E-state index is 11.5. The highest BCUT2D eigenvalue weighted by Crippen LogP contribution is 2.07. The van der Waals surface area contributed by atoms with Crippen LogP contribution in [0.3, 0.4) is 0 Å². The van der Waals surface area contributed by atoms with Crippen LogP contribution in [0.25, 0.3) is 0 Å². The van der Waals surface area contributed by atoms with Gasteiger partial charge < -0.3 is 11.1 Å². The first-order valence-corrected chi connectivity index (χ1v) is 5.98.